The van der Waals surface area contributed by atoms with Crippen LogP contribution in [0.5, 0.6) is 11.5 Å². The first-order valence-corrected chi connectivity index (χ1v) is 7.81. The smallest absolute Gasteiger partial charge is 0.216 e. The molecule has 0 spiro atoms. The topological polar surface area (TPSA) is 63.4 Å². The van der Waals surface area contributed by atoms with Gasteiger partial charge in [0.15, 0.2) is 11.5 Å². The summed E-state index contributed by atoms with van der Waals surface area (Å²) in [5.41, 5.74) is 1.62. The average Bonchev–Trinajstić information content (AvgIpc) is 3.08. The number of aromatic amines is 1. The number of amides is 1. The normalized spacial score (nSPS) is 14.2. The molecule has 0 aliphatic carbocycles. The summed E-state index contributed by atoms with van der Waals surface area (Å²) in [7, 11) is 1.48. The number of methoxy groups -OCH3 is 1. The van der Waals surface area contributed by atoms with Crippen molar-refractivity contribution in [2.24, 2.45) is 0 Å². The van der Waals surface area contributed by atoms with Crippen molar-refractivity contribution in [1.82, 2.24) is 10.3 Å². The van der Waals surface area contributed by atoms with Gasteiger partial charge in [-0.05, 0) is 23.6 Å². The van der Waals surface area contributed by atoms with Gasteiger partial charge in [0.1, 0.15) is 6.61 Å². The van der Waals surface area contributed by atoms with Crippen LogP contribution in [0.25, 0.3) is 10.9 Å². The molecule has 0 atom stereocenters. The van der Waals surface area contributed by atoms with E-state index in [1.54, 1.807) is 12.1 Å². The number of carbonyl (C=O) groups is 1. The number of ether oxygens (including phenoxy) is 2. The predicted octanol–water partition coefficient (Wildman–Crippen LogP) is 3.43. The monoisotopic (exact) mass is 342 g/mol. The Balaban J connectivity index is 1.97. The number of hydrogen-bond acceptors (Lipinski definition) is 3. The van der Waals surface area contributed by atoms with Crippen molar-refractivity contribution < 1.29 is 19.8 Å². The quantitative estimate of drug-likeness (QED) is 0.691. The summed E-state index contributed by atoms with van der Waals surface area (Å²) in [5, 5.41) is 2.48. The lowest BCUT2D eigenvalue weighted by Gasteiger charge is -2.11. The van der Waals surface area contributed by atoms with Crippen LogP contribution >= 0.6 is 0 Å². The van der Waals surface area contributed by atoms with Crippen LogP contribution in [0.15, 0.2) is 48.7 Å². The van der Waals surface area contributed by atoms with E-state index >= 15 is 0 Å². The molecule has 0 aliphatic heterocycles. The molecular formula is C20H22N2O3. The first-order chi connectivity index (χ1) is 13.7. The van der Waals surface area contributed by atoms with Crippen molar-refractivity contribution in [3.05, 3.63) is 59.8 Å². The minimum absolute atomic E-state index is 0.0687. The Kier molecular flexibility index (Phi) is 3.85. The molecular weight excluding hydrogens is 316 g/mol. The van der Waals surface area contributed by atoms with Gasteiger partial charge in [-0.3, -0.25) is 4.79 Å². The fourth-order valence-electron chi connectivity index (χ4n) is 2.43. The van der Waals surface area contributed by atoms with Crippen molar-refractivity contribution in [2.75, 3.05) is 13.6 Å². The van der Waals surface area contributed by atoms with Crippen LogP contribution in [0, 0.1) is 0 Å². The zero-order valence-corrected chi connectivity index (χ0v) is 14.1. The summed E-state index contributed by atoms with van der Waals surface area (Å²) in [6.45, 7) is -1.13. The van der Waals surface area contributed by atoms with Gasteiger partial charge >= 0.3 is 0 Å². The van der Waals surface area contributed by atoms with Gasteiger partial charge in [-0.15, -0.1) is 0 Å². The van der Waals surface area contributed by atoms with E-state index < -0.39 is 18.8 Å². The highest BCUT2D eigenvalue weighted by atomic mass is 16.5. The van der Waals surface area contributed by atoms with Crippen molar-refractivity contribution >= 4 is 16.8 Å². The number of H-pyrrole nitrogens is 1. The zero-order valence-electron chi connectivity index (χ0n) is 18.1. The molecule has 0 saturated carbocycles. The highest BCUT2D eigenvalue weighted by molar-refractivity contribution is 5.86. The predicted molar refractivity (Wildman–Crippen MR) is 98.0 cm³/mol. The maximum Gasteiger partial charge on any atom is 0.216 e. The molecule has 3 rings (SSSR count). The molecule has 5 nitrogen and oxygen atoms in total. The van der Waals surface area contributed by atoms with Crippen LogP contribution < -0.4 is 14.8 Å². The van der Waals surface area contributed by atoms with Crippen molar-refractivity contribution in [3.8, 4) is 11.5 Å². The lowest BCUT2D eigenvalue weighted by Crippen LogP contribution is -2.22. The van der Waals surface area contributed by atoms with Crippen LogP contribution in [-0.2, 0) is 17.8 Å². The Morgan fingerprint density at radius 2 is 2.04 bits per heavy atom. The molecule has 0 saturated heterocycles. The molecule has 1 amide bonds. The summed E-state index contributed by atoms with van der Waals surface area (Å²) < 4.78 is 43.9. The van der Waals surface area contributed by atoms with Crippen LogP contribution in [0.3, 0.4) is 0 Å². The van der Waals surface area contributed by atoms with Crippen LogP contribution in [0.4, 0.5) is 0 Å². The van der Waals surface area contributed by atoms with Crippen LogP contribution in [0.2, 0.25) is 0 Å². The Morgan fingerprint density at radius 1 is 1.24 bits per heavy atom. The van der Waals surface area contributed by atoms with Gasteiger partial charge in [0.25, 0.3) is 0 Å². The van der Waals surface area contributed by atoms with E-state index in [0.717, 1.165) is 12.5 Å². The molecule has 25 heavy (non-hydrogen) atoms. The largest absolute Gasteiger partial charge is 0.493 e. The van der Waals surface area contributed by atoms with Crippen molar-refractivity contribution in [3.63, 3.8) is 0 Å². The maximum absolute atomic E-state index is 11.3. The van der Waals surface area contributed by atoms with Crippen LogP contribution in [0.1, 0.15) is 23.5 Å². The second-order valence-corrected chi connectivity index (χ2v) is 5.46. The van der Waals surface area contributed by atoms with E-state index in [1.807, 2.05) is 35.6 Å². The maximum atomic E-state index is 11.3. The van der Waals surface area contributed by atoms with E-state index in [4.69, 9.17) is 15.0 Å². The molecule has 3 aromatic rings. The Bertz CT molecular complexity index is 1020. The minimum atomic E-state index is -2.61. The van der Waals surface area contributed by atoms with E-state index in [0.29, 0.717) is 29.0 Å². The second kappa shape index (κ2) is 7.75. The highest BCUT2D eigenvalue weighted by Gasteiger charge is 2.11. The first kappa shape index (κ1) is 12.4. The first-order valence-electron chi connectivity index (χ1n) is 9.81. The molecule has 5 heteroatoms. The molecule has 0 aliphatic rings. The van der Waals surface area contributed by atoms with Crippen LogP contribution in [-0.4, -0.2) is 24.5 Å². The van der Waals surface area contributed by atoms with Gasteiger partial charge in [0.2, 0.25) is 5.91 Å². The summed E-state index contributed by atoms with van der Waals surface area (Å²) in [4.78, 5) is 14.3. The third-order valence-corrected chi connectivity index (χ3v) is 3.64. The summed E-state index contributed by atoms with van der Waals surface area (Å²) in [6, 6.07) is 12.9. The Hall–Kier alpha value is -2.95. The van der Waals surface area contributed by atoms with Crippen molar-refractivity contribution in [1.29, 1.82) is 0 Å². The standard InChI is InChI=1S/C20H22N2O3/c1-14(23)21-9-8-16-12-22-18-11-20(19(24-2)10-17(16)18)25-13-15-6-4-3-5-7-15/h3-7,10-12,22H,8-9,13H2,1-2H3,(H,21,23)/i8D2,9D2. The SMILES string of the molecule is [2H]C([2H])(NC(C)=O)C([2H])([2H])c1c[nH]c2cc(OCc3ccccc3)c(OC)cc12. The second-order valence-electron chi connectivity index (χ2n) is 5.46. The molecule has 0 unspecified atom stereocenters. The minimum Gasteiger partial charge on any atom is -0.493 e. The third-order valence-electron chi connectivity index (χ3n) is 3.64. The summed E-state index contributed by atoms with van der Waals surface area (Å²) in [5.74, 6) is 0.209. The number of aryl methyl sites for hydroxylation is 1. The lowest BCUT2D eigenvalue weighted by atomic mass is 10.1. The molecule has 0 radical (unpaired) electrons. The molecule has 0 fully saturated rings. The Morgan fingerprint density at radius 3 is 2.76 bits per heavy atom. The van der Waals surface area contributed by atoms with E-state index in [-0.39, 0.29) is 5.56 Å². The van der Waals surface area contributed by atoms with E-state index in [9.17, 15) is 4.79 Å². The molecule has 2 N–H and O–H groups in total. The number of fused-ring (bicyclic) bond motifs is 1. The van der Waals surface area contributed by atoms with Gasteiger partial charge in [-0.1, -0.05) is 30.3 Å². The molecule has 0 bridgehead atoms. The Labute approximate surface area is 152 Å². The summed E-state index contributed by atoms with van der Waals surface area (Å²) in [6.07, 6.45) is -1.10. The zero-order chi connectivity index (χ0) is 21.2. The lowest BCUT2D eigenvalue weighted by molar-refractivity contribution is -0.118. The number of hydrogen-bond donors (Lipinski definition) is 2. The summed E-state index contributed by atoms with van der Waals surface area (Å²) >= 11 is 0. The van der Waals surface area contributed by atoms with E-state index in [1.165, 1.54) is 13.3 Å². The van der Waals surface area contributed by atoms with Gasteiger partial charge in [0, 0.05) is 42.1 Å². The molecule has 130 valence electrons. The number of nitrogens with one attached hydrogen (secondary N) is 2. The number of carbonyl (C=O) groups excluding carboxylic acids is 1. The van der Waals surface area contributed by atoms with Gasteiger partial charge in [0.05, 0.1) is 7.11 Å². The van der Waals surface area contributed by atoms with E-state index in [2.05, 4.69) is 4.98 Å². The molecule has 2 aromatic carbocycles. The third kappa shape index (κ3) is 4.12. The van der Waals surface area contributed by atoms with Gasteiger partial charge in [-0.25, -0.2) is 0 Å². The number of benzene rings is 2. The number of aromatic nitrogens is 1. The fourth-order valence-corrected chi connectivity index (χ4v) is 2.43. The van der Waals surface area contributed by atoms with Gasteiger partial charge in [-0.2, -0.15) is 0 Å². The van der Waals surface area contributed by atoms with Crippen molar-refractivity contribution in [2.45, 2.75) is 19.9 Å². The average molecular weight is 342 g/mol. The number of rotatable bonds is 7. The molecule has 1 aromatic heterocycles. The van der Waals surface area contributed by atoms with Gasteiger partial charge < -0.3 is 19.8 Å². The molecule has 1 heterocycles. The highest BCUT2D eigenvalue weighted by Crippen LogP contribution is 2.34. The fraction of sp³-hybridized carbons (Fsp3) is 0.250.